The Morgan fingerprint density at radius 2 is 1.95 bits per heavy atom. The number of carbonyl (C=O) groups excluding carboxylic acids is 2. The van der Waals surface area contributed by atoms with Crippen molar-refractivity contribution in [3.05, 3.63) is 53.6 Å². The monoisotopic (exact) mass is 543 g/mol. The largest absolute Gasteiger partial charge is 0.497 e. The second-order valence-electron chi connectivity index (χ2n) is 11.0. The van der Waals surface area contributed by atoms with E-state index in [1.807, 2.05) is 38.1 Å². The third kappa shape index (κ3) is 8.92. The average molecular weight is 544 g/mol. The van der Waals surface area contributed by atoms with E-state index in [-0.39, 0.29) is 55.2 Å². The summed E-state index contributed by atoms with van der Waals surface area (Å²) in [5, 5.41) is 20.0. The summed E-state index contributed by atoms with van der Waals surface area (Å²) in [6.45, 7) is 6.35. The van der Waals surface area contributed by atoms with Gasteiger partial charge in [-0.2, -0.15) is 0 Å². The number of nitrogens with one attached hydrogen (secondary N) is 1. The van der Waals surface area contributed by atoms with E-state index in [4.69, 9.17) is 19.4 Å². The first-order valence-corrected chi connectivity index (χ1v) is 14.2. The van der Waals surface area contributed by atoms with Crippen molar-refractivity contribution in [2.24, 2.45) is 23.7 Å². The van der Waals surface area contributed by atoms with Crippen LogP contribution in [0.25, 0.3) is 0 Å². The Morgan fingerprint density at radius 3 is 2.62 bits per heavy atom. The first kappa shape index (κ1) is 30.9. The first-order chi connectivity index (χ1) is 18.7. The molecule has 0 radical (unpaired) electrons. The van der Waals surface area contributed by atoms with E-state index in [1.54, 1.807) is 12.6 Å². The molecule has 1 aromatic rings. The molecule has 2 aliphatic carbocycles. The van der Waals surface area contributed by atoms with Crippen molar-refractivity contribution >= 4 is 11.9 Å². The van der Waals surface area contributed by atoms with Crippen LogP contribution in [0.4, 0.5) is 0 Å². The van der Waals surface area contributed by atoms with E-state index in [9.17, 15) is 14.7 Å². The number of methoxy groups -OCH3 is 1. The van der Waals surface area contributed by atoms with Gasteiger partial charge in [-0.1, -0.05) is 51.1 Å². The van der Waals surface area contributed by atoms with Crippen molar-refractivity contribution in [2.75, 3.05) is 7.11 Å². The summed E-state index contributed by atoms with van der Waals surface area (Å²) in [7, 11) is 1.60. The highest BCUT2D eigenvalue weighted by molar-refractivity contribution is 5.75. The quantitative estimate of drug-likeness (QED) is 0.169. The lowest BCUT2D eigenvalue weighted by Crippen LogP contribution is -2.40. The molecule has 0 aromatic heterocycles. The number of allylic oxidation sites excluding steroid dienone is 3. The molecule has 3 rings (SSSR count). The number of benzene rings is 1. The standard InChI is InChI=1S/C31H45NO7/c1-5-20(2)31(35)39-28-8-6-7-23-12-9-21(3)27(30(23)28)16-13-24(33)17-26(18-29(34)32-36)38-19-22-10-14-25(37-4)15-11-22/h7,9-12,14-15,20-21,24,26-28,30,33,36H,5-6,8,13,16-19H2,1-4H3,(H,32,34)/t20?,21-,24+,26+,27-,28-,30-/m0/s1. The molecule has 1 unspecified atom stereocenters. The fraction of sp³-hybridized carbons (Fsp3) is 0.613. The van der Waals surface area contributed by atoms with Gasteiger partial charge in [0.15, 0.2) is 0 Å². The maximum absolute atomic E-state index is 12.6. The number of amides is 1. The number of aliphatic hydroxyl groups excluding tert-OH is 1. The number of fused-ring (bicyclic) bond motifs is 1. The minimum absolute atomic E-state index is 0.0601. The maximum Gasteiger partial charge on any atom is 0.308 e. The number of rotatable bonds is 14. The Labute approximate surface area is 232 Å². The molecule has 7 atom stereocenters. The Bertz CT molecular complexity index is 989. The molecular formula is C31H45NO7. The van der Waals surface area contributed by atoms with Gasteiger partial charge in [-0.15, -0.1) is 0 Å². The van der Waals surface area contributed by atoms with Gasteiger partial charge in [0.2, 0.25) is 5.91 Å². The maximum atomic E-state index is 12.6. The van der Waals surface area contributed by atoms with Crippen LogP contribution in [0.5, 0.6) is 5.75 Å². The SMILES string of the molecule is CCC(C)C(=O)O[C@H]1CCC=C2C=C[C@H](C)[C@H](CC[C@@H](O)C[C@H](CC(=O)NO)OCc3ccc(OC)cc3)[C@H]21. The highest BCUT2D eigenvalue weighted by atomic mass is 16.5. The molecular weight excluding hydrogens is 498 g/mol. The van der Waals surface area contributed by atoms with Crippen LogP contribution in [0.2, 0.25) is 0 Å². The third-order valence-electron chi connectivity index (χ3n) is 8.18. The van der Waals surface area contributed by atoms with Gasteiger partial charge in [0.1, 0.15) is 11.9 Å². The van der Waals surface area contributed by atoms with Gasteiger partial charge in [0.25, 0.3) is 0 Å². The van der Waals surface area contributed by atoms with Gasteiger partial charge >= 0.3 is 5.97 Å². The predicted molar refractivity (Wildman–Crippen MR) is 148 cm³/mol. The summed E-state index contributed by atoms with van der Waals surface area (Å²) in [4.78, 5) is 24.5. The molecule has 1 amide bonds. The molecule has 0 saturated carbocycles. The summed E-state index contributed by atoms with van der Waals surface area (Å²) in [6, 6.07) is 7.45. The number of hydrogen-bond acceptors (Lipinski definition) is 7. The van der Waals surface area contributed by atoms with Crippen LogP contribution in [0, 0.1) is 23.7 Å². The smallest absolute Gasteiger partial charge is 0.308 e. The lowest BCUT2D eigenvalue weighted by molar-refractivity contribution is -0.158. The van der Waals surface area contributed by atoms with Crippen molar-refractivity contribution in [2.45, 2.75) is 90.6 Å². The zero-order chi connectivity index (χ0) is 28.4. The number of hydrogen-bond donors (Lipinski definition) is 3. The lowest BCUT2D eigenvalue weighted by Gasteiger charge is -2.42. The predicted octanol–water partition coefficient (Wildman–Crippen LogP) is 5.12. The summed E-state index contributed by atoms with van der Waals surface area (Å²) >= 11 is 0. The molecule has 216 valence electrons. The summed E-state index contributed by atoms with van der Waals surface area (Å²) in [6.07, 6.45) is 9.16. The lowest BCUT2D eigenvalue weighted by atomic mass is 9.66. The molecule has 8 nitrogen and oxygen atoms in total. The van der Waals surface area contributed by atoms with Crippen molar-refractivity contribution < 1.29 is 34.1 Å². The minimum Gasteiger partial charge on any atom is -0.497 e. The van der Waals surface area contributed by atoms with Crippen molar-refractivity contribution in [1.82, 2.24) is 5.48 Å². The number of ether oxygens (including phenoxy) is 3. The number of aliphatic hydroxyl groups is 1. The highest BCUT2D eigenvalue weighted by Gasteiger charge is 2.40. The molecule has 1 aromatic carbocycles. The van der Waals surface area contributed by atoms with E-state index < -0.39 is 18.1 Å². The highest BCUT2D eigenvalue weighted by Crippen LogP contribution is 2.44. The van der Waals surface area contributed by atoms with Gasteiger partial charge in [-0.3, -0.25) is 14.8 Å². The molecule has 0 fully saturated rings. The van der Waals surface area contributed by atoms with E-state index in [2.05, 4.69) is 25.2 Å². The topological polar surface area (TPSA) is 114 Å². The van der Waals surface area contributed by atoms with Gasteiger partial charge in [-0.25, -0.2) is 5.48 Å². The van der Waals surface area contributed by atoms with Gasteiger partial charge in [-0.05, 0) is 67.2 Å². The molecule has 8 heteroatoms. The third-order valence-corrected chi connectivity index (χ3v) is 8.18. The number of esters is 1. The van der Waals surface area contributed by atoms with Crippen LogP contribution < -0.4 is 10.2 Å². The van der Waals surface area contributed by atoms with Crippen LogP contribution in [0.15, 0.2) is 48.1 Å². The Balaban J connectivity index is 1.62. The molecule has 0 bridgehead atoms. The van der Waals surface area contributed by atoms with E-state index in [1.165, 1.54) is 5.57 Å². The van der Waals surface area contributed by atoms with Crippen LogP contribution in [0.1, 0.15) is 71.3 Å². The molecule has 0 heterocycles. The summed E-state index contributed by atoms with van der Waals surface area (Å²) in [5.41, 5.74) is 3.80. The Hall–Kier alpha value is -2.68. The molecule has 2 aliphatic rings. The van der Waals surface area contributed by atoms with Crippen LogP contribution >= 0.6 is 0 Å². The molecule has 0 saturated heterocycles. The first-order valence-electron chi connectivity index (χ1n) is 14.2. The molecule has 3 N–H and O–H groups in total. The second kappa shape index (κ2) is 15.2. The van der Waals surface area contributed by atoms with Gasteiger partial charge in [0.05, 0.1) is 38.3 Å². The number of hydroxylamine groups is 1. The summed E-state index contributed by atoms with van der Waals surface area (Å²) in [5.74, 6) is 0.544. The fourth-order valence-corrected chi connectivity index (χ4v) is 5.59. The zero-order valence-electron chi connectivity index (χ0n) is 23.7. The van der Waals surface area contributed by atoms with E-state index in [0.29, 0.717) is 6.42 Å². The fourth-order valence-electron chi connectivity index (χ4n) is 5.59. The Kier molecular flexibility index (Phi) is 12.0. The zero-order valence-corrected chi connectivity index (χ0v) is 23.7. The van der Waals surface area contributed by atoms with Gasteiger partial charge in [0, 0.05) is 12.3 Å². The van der Waals surface area contributed by atoms with Crippen molar-refractivity contribution in [3.63, 3.8) is 0 Å². The second-order valence-corrected chi connectivity index (χ2v) is 11.0. The summed E-state index contributed by atoms with van der Waals surface area (Å²) < 4.78 is 17.2. The minimum atomic E-state index is -0.687. The van der Waals surface area contributed by atoms with Crippen LogP contribution in [0.3, 0.4) is 0 Å². The average Bonchev–Trinajstić information content (AvgIpc) is 2.95. The van der Waals surface area contributed by atoms with E-state index in [0.717, 1.165) is 37.0 Å². The molecule has 39 heavy (non-hydrogen) atoms. The van der Waals surface area contributed by atoms with Crippen LogP contribution in [-0.4, -0.2) is 47.6 Å². The van der Waals surface area contributed by atoms with Crippen LogP contribution in [-0.2, 0) is 25.7 Å². The molecule has 0 aliphatic heterocycles. The number of carbonyl (C=O) groups is 2. The Morgan fingerprint density at radius 1 is 1.21 bits per heavy atom. The van der Waals surface area contributed by atoms with Crippen molar-refractivity contribution in [1.29, 1.82) is 0 Å². The van der Waals surface area contributed by atoms with Crippen molar-refractivity contribution in [3.8, 4) is 5.75 Å². The molecule has 0 spiro atoms. The van der Waals surface area contributed by atoms with Gasteiger partial charge < -0.3 is 19.3 Å². The normalized spacial score (nSPS) is 24.6. The van der Waals surface area contributed by atoms with E-state index >= 15 is 0 Å².